The van der Waals surface area contributed by atoms with E-state index in [-0.39, 0.29) is 6.04 Å². The molecule has 0 radical (unpaired) electrons. The highest BCUT2D eigenvalue weighted by Gasteiger charge is 2.15. The number of aromatic nitrogens is 3. The highest BCUT2D eigenvalue weighted by molar-refractivity contribution is 7.11. The summed E-state index contributed by atoms with van der Waals surface area (Å²) in [5.41, 5.74) is 3.36. The van der Waals surface area contributed by atoms with E-state index in [1.165, 1.54) is 4.88 Å². The molecule has 2 aromatic rings. The van der Waals surface area contributed by atoms with E-state index in [0.717, 1.165) is 28.5 Å². The van der Waals surface area contributed by atoms with E-state index in [4.69, 9.17) is 0 Å². The van der Waals surface area contributed by atoms with Gasteiger partial charge in [-0.2, -0.15) is 5.10 Å². The molecule has 0 amide bonds. The lowest BCUT2D eigenvalue weighted by molar-refractivity contribution is 0.746. The second kappa shape index (κ2) is 5.10. The maximum Gasteiger partial charge on any atom is 0.0900 e. The Labute approximate surface area is 112 Å². The molecule has 18 heavy (non-hydrogen) atoms. The monoisotopic (exact) mass is 264 g/mol. The van der Waals surface area contributed by atoms with Gasteiger partial charge in [-0.15, -0.1) is 11.3 Å². The first-order valence-electron chi connectivity index (χ1n) is 6.24. The van der Waals surface area contributed by atoms with Crippen molar-refractivity contribution in [1.82, 2.24) is 14.8 Å². The molecule has 2 rings (SSSR count). The molecule has 2 heterocycles. The lowest BCUT2D eigenvalue weighted by atomic mass is 10.2. The van der Waals surface area contributed by atoms with Crippen LogP contribution in [0, 0.1) is 13.8 Å². The molecule has 4 nitrogen and oxygen atoms in total. The van der Waals surface area contributed by atoms with Crippen molar-refractivity contribution in [3.05, 3.63) is 27.5 Å². The minimum Gasteiger partial charge on any atom is -0.375 e. The SMILES string of the molecule is CCc1nn(C)cc1NC(C)c1sc(C)nc1C. The Morgan fingerprint density at radius 3 is 2.72 bits per heavy atom. The molecule has 2 aromatic heterocycles. The van der Waals surface area contributed by atoms with Crippen molar-refractivity contribution in [2.45, 2.75) is 40.2 Å². The molecule has 0 spiro atoms. The second-order valence-corrected chi connectivity index (χ2v) is 5.80. The first-order valence-corrected chi connectivity index (χ1v) is 7.06. The van der Waals surface area contributed by atoms with Gasteiger partial charge >= 0.3 is 0 Å². The van der Waals surface area contributed by atoms with Crippen molar-refractivity contribution in [2.24, 2.45) is 7.05 Å². The lowest BCUT2D eigenvalue weighted by Crippen LogP contribution is -2.07. The van der Waals surface area contributed by atoms with Crippen molar-refractivity contribution in [1.29, 1.82) is 0 Å². The van der Waals surface area contributed by atoms with Gasteiger partial charge in [-0.05, 0) is 27.2 Å². The minimum absolute atomic E-state index is 0.269. The number of aryl methyl sites for hydroxylation is 4. The average molecular weight is 264 g/mol. The fourth-order valence-corrected chi connectivity index (χ4v) is 3.09. The third-order valence-corrected chi connectivity index (χ3v) is 4.20. The summed E-state index contributed by atoms with van der Waals surface area (Å²) in [6.45, 7) is 8.42. The molecule has 0 fully saturated rings. The molecule has 0 saturated heterocycles. The molecule has 1 N–H and O–H groups in total. The van der Waals surface area contributed by atoms with Gasteiger partial charge < -0.3 is 5.32 Å². The van der Waals surface area contributed by atoms with Gasteiger partial charge in [-0.3, -0.25) is 4.68 Å². The fourth-order valence-electron chi connectivity index (χ4n) is 2.16. The van der Waals surface area contributed by atoms with Crippen molar-refractivity contribution in [3.8, 4) is 0 Å². The number of hydrogen-bond donors (Lipinski definition) is 1. The molecule has 98 valence electrons. The Bertz CT molecular complexity index is 541. The predicted molar refractivity (Wildman–Crippen MR) is 76.2 cm³/mol. The van der Waals surface area contributed by atoms with Crippen LogP contribution >= 0.6 is 11.3 Å². The Morgan fingerprint density at radius 1 is 1.44 bits per heavy atom. The molecule has 0 aromatic carbocycles. The third-order valence-electron chi connectivity index (χ3n) is 2.94. The van der Waals surface area contributed by atoms with Crippen LogP contribution in [0.5, 0.6) is 0 Å². The van der Waals surface area contributed by atoms with Gasteiger partial charge in [0.2, 0.25) is 0 Å². The number of rotatable bonds is 4. The topological polar surface area (TPSA) is 42.7 Å². The Kier molecular flexibility index (Phi) is 3.71. The zero-order valence-electron chi connectivity index (χ0n) is 11.6. The van der Waals surface area contributed by atoms with Gasteiger partial charge in [-0.1, -0.05) is 6.92 Å². The van der Waals surface area contributed by atoms with E-state index in [0.29, 0.717) is 0 Å². The quantitative estimate of drug-likeness (QED) is 0.922. The Balaban J connectivity index is 2.20. The molecule has 0 bridgehead atoms. The summed E-state index contributed by atoms with van der Waals surface area (Å²) in [7, 11) is 1.96. The molecule has 0 saturated carbocycles. The van der Waals surface area contributed by atoms with E-state index in [1.807, 2.05) is 17.9 Å². The smallest absolute Gasteiger partial charge is 0.0900 e. The van der Waals surface area contributed by atoms with Crippen molar-refractivity contribution in [3.63, 3.8) is 0 Å². The van der Waals surface area contributed by atoms with Crippen LogP contribution in [0.4, 0.5) is 5.69 Å². The first-order chi connectivity index (χ1) is 8.51. The number of nitrogens with one attached hydrogen (secondary N) is 1. The van der Waals surface area contributed by atoms with Crippen LogP contribution < -0.4 is 5.32 Å². The maximum atomic E-state index is 4.48. The minimum atomic E-state index is 0.269. The van der Waals surface area contributed by atoms with Crippen LogP contribution in [0.1, 0.15) is 41.2 Å². The van der Waals surface area contributed by atoms with Crippen molar-refractivity contribution >= 4 is 17.0 Å². The molecule has 1 unspecified atom stereocenters. The molecule has 0 aliphatic rings. The van der Waals surface area contributed by atoms with Gasteiger partial charge in [0.25, 0.3) is 0 Å². The predicted octanol–water partition coefficient (Wildman–Crippen LogP) is 3.23. The molecular formula is C13H20N4S. The van der Waals surface area contributed by atoms with E-state index in [1.54, 1.807) is 11.3 Å². The Hall–Kier alpha value is -1.36. The number of hydrogen-bond acceptors (Lipinski definition) is 4. The summed E-state index contributed by atoms with van der Waals surface area (Å²) >= 11 is 1.76. The van der Waals surface area contributed by atoms with E-state index < -0.39 is 0 Å². The van der Waals surface area contributed by atoms with Gasteiger partial charge in [0.15, 0.2) is 0 Å². The summed E-state index contributed by atoms with van der Waals surface area (Å²) in [5, 5.41) is 9.11. The fraction of sp³-hybridized carbons (Fsp3) is 0.538. The van der Waals surface area contributed by atoms with Crippen molar-refractivity contribution < 1.29 is 0 Å². The maximum absolute atomic E-state index is 4.48. The largest absolute Gasteiger partial charge is 0.375 e. The first kappa shape index (κ1) is 13.1. The third kappa shape index (κ3) is 2.56. The van der Waals surface area contributed by atoms with Gasteiger partial charge in [0.1, 0.15) is 0 Å². The van der Waals surface area contributed by atoms with E-state index in [2.05, 4.69) is 43.1 Å². The van der Waals surface area contributed by atoms with E-state index >= 15 is 0 Å². The standard InChI is InChI=1S/C13H20N4S/c1-6-11-12(7-17(5)16-11)15-9(3)13-8(2)14-10(4)18-13/h7,9,15H,6H2,1-5H3. The highest BCUT2D eigenvalue weighted by Crippen LogP contribution is 2.28. The van der Waals surface area contributed by atoms with Crippen molar-refractivity contribution in [2.75, 3.05) is 5.32 Å². The summed E-state index contributed by atoms with van der Waals surface area (Å²) < 4.78 is 1.86. The molecule has 5 heteroatoms. The molecular weight excluding hydrogens is 244 g/mol. The number of nitrogens with zero attached hydrogens (tertiary/aromatic N) is 3. The van der Waals surface area contributed by atoms with Gasteiger partial charge in [0.05, 0.1) is 28.1 Å². The van der Waals surface area contributed by atoms with E-state index in [9.17, 15) is 0 Å². The van der Waals surface area contributed by atoms with Crippen LogP contribution in [0.2, 0.25) is 0 Å². The summed E-state index contributed by atoms with van der Waals surface area (Å²) in [6, 6.07) is 0.269. The summed E-state index contributed by atoms with van der Waals surface area (Å²) in [5.74, 6) is 0. The van der Waals surface area contributed by atoms with Gasteiger partial charge in [-0.25, -0.2) is 4.98 Å². The summed E-state index contributed by atoms with van der Waals surface area (Å²) in [4.78, 5) is 5.78. The normalized spacial score (nSPS) is 12.7. The lowest BCUT2D eigenvalue weighted by Gasteiger charge is -2.13. The number of thiazole rings is 1. The summed E-state index contributed by atoms with van der Waals surface area (Å²) in [6.07, 6.45) is 2.98. The number of anilines is 1. The zero-order valence-corrected chi connectivity index (χ0v) is 12.4. The zero-order chi connectivity index (χ0) is 13.3. The van der Waals surface area contributed by atoms with Crippen LogP contribution in [0.3, 0.4) is 0 Å². The second-order valence-electron chi connectivity index (χ2n) is 4.57. The molecule has 1 atom stereocenters. The van der Waals surface area contributed by atoms with Crippen LogP contribution in [-0.4, -0.2) is 14.8 Å². The van der Waals surface area contributed by atoms with Crippen LogP contribution in [0.15, 0.2) is 6.20 Å². The average Bonchev–Trinajstić information content (AvgIpc) is 2.81. The van der Waals surface area contributed by atoms with Crippen LogP contribution in [0.25, 0.3) is 0 Å². The Morgan fingerprint density at radius 2 is 2.17 bits per heavy atom. The highest BCUT2D eigenvalue weighted by atomic mass is 32.1. The van der Waals surface area contributed by atoms with Crippen LogP contribution in [-0.2, 0) is 13.5 Å². The van der Waals surface area contributed by atoms with Gasteiger partial charge in [0, 0.05) is 18.1 Å². The molecule has 0 aliphatic heterocycles. The molecule has 0 aliphatic carbocycles.